The van der Waals surface area contributed by atoms with E-state index in [1.807, 2.05) is 78.9 Å². The van der Waals surface area contributed by atoms with E-state index < -0.39 is 0 Å². The molecule has 0 spiro atoms. The molecule has 0 saturated carbocycles. The highest BCUT2D eigenvalue weighted by Gasteiger charge is 2.43. The Labute approximate surface area is 509 Å². The van der Waals surface area contributed by atoms with Gasteiger partial charge in [0, 0.05) is 78.3 Å². The van der Waals surface area contributed by atoms with Crippen LogP contribution >= 0.6 is 0 Å². The summed E-state index contributed by atoms with van der Waals surface area (Å²) in [5, 5.41) is 2.29. The molecule has 410 valence electrons. The molecule has 0 aliphatic carbocycles. The highest BCUT2D eigenvalue weighted by molar-refractivity contribution is 7.00. The maximum Gasteiger partial charge on any atom is 0.252 e. The van der Waals surface area contributed by atoms with Gasteiger partial charge in [-0.3, -0.25) is 0 Å². The molecule has 3 aromatic heterocycles. The van der Waals surface area contributed by atoms with Crippen molar-refractivity contribution < 1.29 is 0 Å². The summed E-state index contributed by atoms with van der Waals surface area (Å²) in [6.07, 6.45) is 0. The van der Waals surface area contributed by atoms with Crippen molar-refractivity contribution in [2.75, 3.05) is 9.80 Å². The van der Waals surface area contributed by atoms with Gasteiger partial charge in [0.15, 0.2) is 34.9 Å². The zero-order chi connectivity index (χ0) is 58.1. The number of hydrogen-bond acceptors (Lipinski definition) is 8. The van der Waals surface area contributed by atoms with Crippen molar-refractivity contribution >= 4 is 79.0 Å². The standard InChI is InChI=1S/C78H50BN9/c1-6-24-52(25-7-1)73-80-74(53-26-8-2-9-27-53)83-77(82-73)56-46-47-67(88-65-38-20-16-34-60(65)61-35-17-21-39-66(61)88)62(48-56)78-84-75(54-28-10-3-11-29-54)81-76(85-78)55-44-42-51(43-45-55)57-49-70-72-71(50-57)87(59-32-14-5-15-33-59)69-41-23-19-37-64(69)79(72)63-36-18-22-40-68(63)86(70)58-30-12-4-13-31-58/h1-50H. The van der Waals surface area contributed by atoms with E-state index in [-0.39, 0.29) is 6.71 Å². The van der Waals surface area contributed by atoms with E-state index in [0.29, 0.717) is 34.9 Å². The summed E-state index contributed by atoms with van der Waals surface area (Å²) in [5.41, 5.74) is 20.8. The topological polar surface area (TPSA) is 88.8 Å². The van der Waals surface area contributed by atoms with Gasteiger partial charge in [0.2, 0.25) is 0 Å². The molecule has 0 N–H and O–H groups in total. The van der Waals surface area contributed by atoms with Crippen LogP contribution in [0.2, 0.25) is 0 Å². The summed E-state index contributed by atoms with van der Waals surface area (Å²) in [4.78, 5) is 36.6. The Bertz CT molecular complexity index is 4940. The van der Waals surface area contributed by atoms with Crippen molar-refractivity contribution in [2.24, 2.45) is 0 Å². The average molecular weight is 1120 g/mol. The molecular formula is C78H50BN9. The van der Waals surface area contributed by atoms with Crippen molar-refractivity contribution in [2.45, 2.75) is 0 Å². The minimum absolute atomic E-state index is 0.0116. The summed E-state index contributed by atoms with van der Waals surface area (Å²) in [6.45, 7) is 0.0116. The minimum atomic E-state index is 0.0116. The molecule has 10 heteroatoms. The Balaban J connectivity index is 0.859. The number of rotatable bonds is 10. The highest BCUT2D eigenvalue weighted by Crippen LogP contribution is 2.47. The lowest BCUT2D eigenvalue weighted by molar-refractivity contribution is 1.06. The minimum Gasteiger partial charge on any atom is -0.311 e. The smallest absolute Gasteiger partial charge is 0.252 e. The molecule has 5 heterocycles. The molecule has 0 fully saturated rings. The van der Waals surface area contributed by atoms with Crippen molar-refractivity contribution in [1.29, 1.82) is 0 Å². The first-order chi connectivity index (χ1) is 43.6. The lowest BCUT2D eigenvalue weighted by Gasteiger charge is -2.44. The van der Waals surface area contributed by atoms with E-state index in [0.717, 1.165) is 94.8 Å². The second kappa shape index (κ2) is 21.0. The number of anilines is 6. The molecule has 0 unspecified atom stereocenters. The molecule has 17 rings (SSSR count). The number of hydrogen-bond donors (Lipinski definition) is 0. The van der Waals surface area contributed by atoms with E-state index in [9.17, 15) is 0 Å². The molecule has 0 amide bonds. The first-order valence-corrected chi connectivity index (χ1v) is 29.6. The molecule has 12 aromatic carbocycles. The summed E-state index contributed by atoms with van der Waals surface area (Å²) < 4.78 is 2.32. The van der Waals surface area contributed by atoms with Crippen molar-refractivity contribution in [3.8, 4) is 85.1 Å². The van der Waals surface area contributed by atoms with Gasteiger partial charge in [-0.05, 0) is 106 Å². The van der Waals surface area contributed by atoms with Gasteiger partial charge in [0.05, 0.1) is 16.7 Å². The molecule has 0 bridgehead atoms. The van der Waals surface area contributed by atoms with Gasteiger partial charge in [-0.1, -0.05) is 224 Å². The van der Waals surface area contributed by atoms with E-state index >= 15 is 0 Å². The van der Waals surface area contributed by atoms with Crippen molar-refractivity contribution in [3.63, 3.8) is 0 Å². The largest absolute Gasteiger partial charge is 0.311 e. The van der Waals surface area contributed by atoms with Crippen LogP contribution in [0.15, 0.2) is 303 Å². The first kappa shape index (κ1) is 50.6. The van der Waals surface area contributed by atoms with Crippen LogP contribution in [0.3, 0.4) is 0 Å². The Morgan fingerprint density at radius 1 is 0.239 bits per heavy atom. The fourth-order valence-corrected chi connectivity index (χ4v) is 13.1. The average Bonchev–Trinajstić information content (AvgIpc) is 0.947. The third kappa shape index (κ3) is 8.56. The van der Waals surface area contributed by atoms with Gasteiger partial charge in [-0.25, -0.2) is 29.9 Å². The summed E-state index contributed by atoms with van der Waals surface area (Å²) in [5.74, 6) is 3.26. The molecule has 9 nitrogen and oxygen atoms in total. The maximum atomic E-state index is 5.53. The monoisotopic (exact) mass is 1120 g/mol. The molecular weight excluding hydrogens is 1070 g/mol. The number of aromatic nitrogens is 7. The van der Waals surface area contributed by atoms with E-state index in [2.05, 4.69) is 239 Å². The summed E-state index contributed by atoms with van der Waals surface area (Å²) in [6, 6.07) is 107. The van der Waals surface area contributed by atoms with Crippen molar-refractivity contribution in [3.05, 3.63) is 303 Å². The molecule has 88 heavy (non-hydrogen) atoms. The number of nitrogens with zero attached hydrogens (tertiary/aromatic N) is 9. The fraction of sp³-hybridized carbons (Fsp3) is 0. The maximum absolute atomic E-state index is 5.53. The van der Waals surface area contributed by atoms with Crippen LogP contribution in [-0.4, -0.2) is 41.2 Å². The molecule has 2 aliphatic heterocycles. The SMILES string of the molecule is c1ccc(-c2nc(-c3ccccc3)nc(-c3ccc(-n4c5ccccc5c5ccccc54)c(-c4nc(-c5ccccc5)nc(-c5ccc(-c6cc7c8c(c6)N(c6ccccc6)c6ccccc6B8c6ccccc6N7c6ccccc6)cc5)n4)c3)n2)cc1. The Hall–Kier alpha value is -11.9. The van der Waals surface area contributed by atoms with Gasteiger partial charge in [0.1, 0.15) is 0 Å². The Morgan fingerprint density at radius 3 is 1.06 bits per heavy atom. The predicted octanol–water partition coefficient (Wildman–Crippen LogP) is 16.9. The molecule has 0 atom stereocenters. The molecule has 0 saturated heterocycles. The quantitative estimate of drug-likeness (QED) is 0.125. The summed E-state index contributed by atoms with van der Waals surface area (Å²) >= 11 is 0. The van der Waals surface area contributed by atoms with E-state index in [1.165, 1.54) is 27.8 Å². The highest BCUT2D eigenvalue weighted by atomic mass is 15.2. The van der Waals surface area contributed by atoms with E-state index in [1.54, 1.807) is 0 Å². The zero-order valence-electron chi connectivity index (χ0n) is 47.5. The number of para-hydroxylation sites is 6. The Kier molecular flexibility index (Phi) is 12.1. The normalized spacial score (nSPS) is 12.2. The molecule has 0 radical (unpaired) electrons. The van der Waals surface area contributed by atoms with Crippen LogP contribution in [0.25, 0.3) is 107 Å². The predicted molar refractivity (Wildman–Crippen MR) is 360 cm³/mol. The second-order valence-corrected chi connectivity index (χ2v) is 22.2. The third-order valence-corrected chi connectivity index (χ3v) is 17.1. The van der Waals surface area contributed by atoms with Crippen LogP contribution < -0.4 is 26.2 Å². The lowest BCUT2D eigenvalue weighted by Crippen LogP contribution is -2.61. The second-order valence-electron chi connectivity index (χ2n) is 22.2. The van der Waals surface area contributed by atoms with Gasteiger partial charge >= 0.3 is 0 Å². The third-order valence-electron chi connectivity index (χ3n) is 17.1. The van der Waals surface area contributed by atoms with Crippen LogP contribution in [-0.2, 0) is 0 Å². The van der Waals surface area contributed by atoms with Gasteiger partial charge in [-0.15, -0.1) is 0 Å². The zero-order valence-corrected chi connectivity index (χ0v) is 47.5. The lowest BCUT2D eigenvalue weighted by atomic mass is 9.33. The Morgan fingerprint density at radius 2 is 0.591 bits per heavy atom. The molecule has 15 aromatic rings. The van der Waals surface area contributed by atoms with Crippen LogP contribution in [0.1, 0.15) is 0 Å². The van der Waals surface area contributed by atoms with Gasteiger partial charge in [-0.2, -0.15) is 0 Å². The van der Waals surface area contributed by atoms with E-state index in [4.69, 9.17) is 29.9 Å². The number of benzene rings is 12. The summed E-state index contributed by atoms with van der Waals surface area (Å²) in [7, 11) is 0. The van der Waals surface area contributed by atoms with Gasteiger partial charge in [0.25, 0.3) is 6.71 Å². The van der Waals surface area contributed by atoms with Gasteiger partial charge < -0.3 is 14.4 Å². The fourth-order valence-electron chi connectivity index (χ4n) is 13.1. The van der Waals surface area contributed by atoms with Crippen LogP contribution in [0.4, 0.5) is 34.1 Å². The van der Waals surface area contributed by atoms with Crippen LogP contribution in [0.5, 0.6) is 0 Å². The van der Waals surface area contributed by atoms with Crippen molar-refractivity contribution in [1.82, 2.24) is 34.5 Å². The number of fused-ring (bicyclic) bond motifs is 7. The first-order valence-electron chi connectivity index (χ1n) is 29.6. The van der Waals surface area contributed by atoms with Crippen LogP contribution in [0, 0.1) is 0 Å². The molecule has 2 aliphatic rings.